The van der Waals surface area contributed by atoms with E-state index in [4.69, 9.17) is 30.0 Å². The second-order valence-electron chi connectivity index (χ2n) is 10.4. The van der Waals surface area contributed by atoms with E-state index in [1.165, 1.54) is 21.8 Å². The lowest BCUT2D eigenvalue weighted by atomic mass is 10.1. The maximum absolute atomic E-state index is 13.2. The van der Waals surface area contributed by atoms with Crippen LogP contribution in [0, 0.1) is 0 Å². The molecule has 0 spiro atoms. The number of hydrogen-bond acceptors (Lipinski definition) is 16. The molecule has 242 valence electrons. The topological polar surface area (TPSA) is 335 Å². The Balaban J connectivity index is 1.17. The minimum atomic E-state index is -4.78. The number of nitrogens with two attached hydrogens (primary N) is 2. The molecule has 0 aliphatic carbocycles. The highest BCUT2D eigenvalue weighted by Crippen LogP contribution is 2.47. The molecule has 4 aromatic heterocycles. The molecule has 25 heteroatoms. The van der Waals surface area contributed by atoms with Gasteiger partial charge in [0.15, 0.2) is 35.1 Å². The van der Waals surface area contributed by atoms with E-state index in [9.17, 15) is 33.9 Å². The first-order valence-corrected chi connectivity index (χ1v) is 16.3. The lowest BCUT2D eigenvalue weighted by Gasteiger charge is -2.29. The molecule has 10 atom stereocenters. The second kappa shape index (κ2) is 10.8. The highest BCUT2D eigenvalue weighted by atomic mass is 31.2. The summed E-state index contributed by atoms with van der Waals surface area (Å²) in [6, 6.07) is -2.81. The van der Waals surface area contributed by atoms with Gasteiger partial charge in [0, 0.05) is 0 Å². The van der Waals surface area contributed by atoms with Crippen molar-refractivity contribution in [3.05, 3.63) is 29.3 Å². The van der Waals surface area contributed by atoms with Crippen molar-refractivity contribution < 1.29 is 47.7 Å². The van der Waals surface area contributed by atoms with Gasteiger partial charge in [-0.05, 0) is 0 Å². The molecule has 4 aromatic rings. The molecule has 3 aliphatic heterocycles. The molecule has 3 aliphatic rings. The van der Waals surface area contributed by atoms with Gasteiger partial charge in [-0.3, -0.25) is 28.0 Å². The number of H-pyrrole nitrogens is 1. The van der Waals surface area contributed by atoms with E-state index in [1.54, 1.807) is 0 Å². The molecule has 0 amide bonds. The van der Waals surface area contributed by atoms with Crippen LogP contribution in [0.2, 0.25) is 0 Å². The third kappa shape index (κ3) is 5.31. The molecule has 0 bridgehead atoms. The molecule has 3 saturated heterocycles. The van der Waals surface area contributed by atoms with Crippen molar-refractivity contribution in [1.82, 2.24) is 49.2 Å². The van der Waals surface area contributed by atoms with E-state index in [1.807, 2.05) is 0 Å². The highest BCUT2D eigenvalue weighted by molar-refractivity contribution is 7.50. The van der Waals surface area contributed by atoms with Crippen LogP contribution in [-0.2, 0) is 27.7 Å². The summed E-state index contributed by atoms with van der Waals surface area (Å²) in [6.45, 7) is -1.40. The number of aliphatic hydroxyl groups is 2. The van der Waals surface area contributed by atoms with Crippen molar-refractivity contribution in [2.75, 3.05) is 24.7 Å². The van der Waals surface area contributed by atoms with Crippen LogP contribution in [0.3, 0.4) is 0 Å². The first-order chi connectivity index (χ1) is 21.3. The summed E-state index contributed by atoms with van der Waals surface area (Å²) in [5.74, 6) is -0.182. The van der Waals surface area contributed by atoms with Gasteiger partial charge in [0.2, 0.25) is 5.95 Å². The summed E-state index contributed by atoms with van der Waals surface area (Å²) in [4.78, 5) is 56.0. The minimum Gasteiger partial charge on any atom is -0.387 e. The molecule has 11 N–H and O–H groups in total. The zero-order valence-corrected chi connectivity index (χ0v) is 24.4. The third-order valence-corrected chi connectivity index (χ3v) is 9.83. The summed E-state index contributed by atoms with van der Waals surface area (Å²) in [5.41, 5.74) is 11.0. The fourth-order valence-electron chi connectivity index (χ4n) is 5.53. The van der Waals surface area contributed by atoms with Crippen molar-refractivity contribution in [2.24, 2.45) is 0 Å². The Hall–Kier alpha value is -3.44. The average molecular weight is 672 g/mol. The molecular formula is C20H26N12O11P2. The maximum Gasteiger partial charge on any atom is 0.403 e. The summed E-state index contributed by atoms with van der Waals surface area (Å²) in [5, 5.41) is 27.0. The molecule has 45 heavy (non-hydrogen) atoms. The zero-order chi connectivity index (χ0) is 31.8. The van der Waals surface area contributed by atoms with Gasteiger partial charge in [0.05, 0.1) is 38.0 Å². The monoisotopic (exact) mass is 672 g/mol. The summed E-state index contributed by atoms with van der Waals surface area (Å²) >= 11 is 0. The van der Waals surface area contributed by atoms with Crippen LogP contribution < -0.4 is 27.2 Å². The van der Waals surface area contributed by atoms with Crippen molar-refractivity contribution in [2.45, 2.75) is 49.0 Å². The molecular weight excluding hydrogens is 646 g/mol. The number of nitrogen functional groups attached to an aromatic ring is 2. The molecule has 0 saturated carbocycles. The van der Waals surface area contributed by atoms with Gasteiger partial charge >= 0.3 is 15.5 Å². The van der Waals surface area contributed by atoms with Crippen molar-refractivity contribution in [3.8, 4) is 0 Å². The van der Waals surface area contributed by atoms with E-state index >= 15 is 0 Å². The van der Waals surface area contributed by atoms with Gasteiger partial charge in [-0.2, -0.15) is 4.98 Å². The number of anilines is 2. The fourth-order valence-corrected chi connectivity index (χ4v) is 7.77. The Morgan fingerprint density at radius 2 is 1.36 bits per heavy atom. The Bertz CT molecular complexity index is 1940. The molecule has 7 rings (SSSR count). The summed E-state index contributed by atoms with van der Waals surface area (Å²) in [7, 11) is -9.55. The molecule has 3 fully saturated rings. The molecule has 7 heterocycles. The van der Waals surface area contributed by atoms with Crippen LogP contribution in [0.4, 0.5) is 11.8 Å². The normalized spacial score (nSPS) is 37.7. The number of rotatable bonds is 2. The molecule has 23 nitrogen and oxygen atoms in total. The average Bonchev–Trinajstić information content (AvgIpc) is 3.72. The quantitative estimate of drug-likeness (QED) is 0.0947. The van der Waals surface area contributed by atoms with E-state index in [-0.39, 0.29) is 34.1 Å². The van der Waals surface area contributed by atoms with E-state index in [2.05, 4.69) is 40.1 Å². The van der Waals surface area contributed by atoms with Crippen LogP contribution in [0.25, 0.3) is 22.3 Å². The fraction of sp³-hybridized carbons (Fsp3) is 0.500. The number of hydrogen-bond donors (Lipinski definition) is 9. The lowest BCUT2D eigenvalue weighted by Crippen LogP contribution is -2.48. The van der Waals surface area contributed by atoms with Crippen LogP contribution in [0.15, 0.2) is 23.8 Å². The van der Waals surface area contributed by atoms with E-state index in [0.29, 0.717) is 0 Å². The minimum absolute atomic E-state index is 0.0622. The lowest BCUT2D eigenvalue weighted by molar-refractivity contribution is -0.0483. The second-order valence-corrected chi connectivity index (χ2v) is 13.5. The molecule has 4 unspecified atom stereocenters. The number of nitrogens with one attached hydrogen (secondary N) is 3. The van der Waals surface area contributed by atoms with Gasteiger partial charge < -0.3 is 40.9 Å². The van der Waals surface area contributed by atoms with Crippen LogP contribution in [0.1, 0.15) is 12.5 Å². The predicted molar refractivity (Wildman–Crippen MR) is 148 cm³/mol. The van der Waals surface area contributed by atoms with Gasteiger partial charge in [0.1, 0.15) is 36.3 Å². The molecule has 0 radical (unpaired) electrons. The summed E-state index contributed by atoms with van der Waals surface area (Å²) in [6.07, 6.45) is -4.91. The number of fused-ring (bicyclic) bond motifs is 4. The van der Waals surface area contributed by atoms with Crippen molar-refractivity contribution >= 4 is 49.6 Å². The SMILES string of the molecule is Nc1nc2c(ncn2[C@@H]2O[C@@H]3COP(=O)(O)NC4[C@@H](COP(=O)(O)N[C@@H]3C2O)O[C@@H](n2cnc3c(N)ncnc32)[C@H]4O)c(=O)[nH]1. The van der Waals surface area contributed by atoms with Crippen LogP contribution in [0.5, 0.6) is 0 Å². The first-order valence-electron chi connectivity index (χ1n) is 13.1. The Morgan fingerprint density at radius 1 is 0.822 bits per heavy atom. The standard InChI is InChI=1S/C20H26N12O11P2/c21-14-10-15(24-3-23-14)31(4-25-10)18-12(33)8-6(42-18)1-40-45(38,39)30-9-7(2-41-44(36,37)29-8)43-19(13(9)34)32-5-26-11-16(32)27-20(22)28-17(11)35/h3-9,12-13,18-19,33-34H,1-2H2,(H2,21,23,24)(H2,29,36,37)(H2,30,38,39)(H3,22,27,28,35)/t6-,7-,8?,9+,12+,13?,18-,19-/m1/s1. The Morgan fingerprint density at radius 3 is 1.93 bits per heavy atom. The number of nitrogens with zero attached hydrogens (tertiary/aromatic N) is 7. The van der Waals surface area contributed by atoms with E-state index in [0.717, 1.165) is 6.33 Å². The van der Waals surface area contributed by atoms with Crippen LogP contribution >= 0.6 is 15.5 Å². The number of ether oxygens (including phenoxy) is 2. The number of aromatic nitrogens is 8. The van der Waals surface area contributed by atoms with Crippen molar-refractivity contribution in [3.63, 3.8) is 0 Å². The van der Waals surface area contributed by atoms with Gasteiger partial charge in [-0.15, -0.1) is 0 Å². The smallest absolute Gasteiger partial charge is 0.387 e. The number of aromatic amines is 1. The zero-order valence-electron chi connectivity index (χ0n) is 22.6. The Kier molecular flexibility index (Phi) is 7.27. The first kappa shape index (κ1) is 30.2. The number of aliphatic hydroxyl groups excluding tert-OH is 2. The highest BCUT2D eigenvalue weighted by Gasteiger charge is 2.52. The predicted octanol–water partition coefficient (Wildman–Crippen LogP) is -3.20. The molecule has 0 aromatic carbocycles. The van der Waals surface area contributed by atoms with Crippen molar-refractivity contribution in [1.29, 1.82) is 0 Å². The van der Waals surface area contributed by atoms with E-state index < -0.39 is 83.2 Å². The maximum atomic E-state index is 13.2. The van der Waals surface area contributed by atoms with Crippen LogP contribution in [-0.4, -0.2) is 109 Å². The Labute approximate surface area is 249 Å². The summed E-state index contributed by atoms with van der Waals surface area (Å²) < 4.78 is 51.2. The number of imidazole rings is 2. The van der Waals surface area contributed by atoms with Gasteiger partial charge in [0.25, 0.3) is 5.56 Å². The third-order valence-electron chi connectivity index (χ3n) is 7.59. The van der Waals surface area contributed by atoms with Gasteiger partial charge in [-0.25, -0.2) is 39.2 Å². The largest absolute Gasteiger partial charge is 0.403 e. The van der Waals surface area contributed by atoms with Gasteiger partial charge in [-0.1, -0.05) is 0 Å².